The molecule has 0 bridgehead atoms. The summed E-state index contributed by atoms with van der Waals surface area (Å²) >= 11 is 0. The Morgan fingerprint density at radius 1 is 1.10 bits per heavy atom. The first kappa shape index (κ1) is 19.5. The molecule has 0 amide bonds. The summed E-state index contributed by atoms with van der Waals surface area (Å²) < 4.78 is 17.8. The fourth-order valence-corrected chi connectivity index (χ4v) is 3.67. The van der Waals surface area contributed by atoms with Gasteiger partial charge < -0.3 is 19.3 Å². The van der Waals surface area contributed by atoms with E-state index in [0.717, 1.165) is 11.1 Å². The molecule has 154 valence electrons. The van der Waals surface area contributed by atoms with Crippen LogP contribution in [-0.4, -0.2) is 42.0 Å². The van der Waals surface area contributed by atoms with Crippen molar-refractivity contribution < 1.29 is 24.1 Å². The number of rotatable bonds is 5. The highest BCUT2D eigenvalue weighted by Crippen LogP contribution is 2.39. The van der Waals surface area contributed by atoms with Crippen LogP contribution < -0.4 is 19.8 Å². The van der Waals surface area contributed by atoms with Crippen molar-refractivity contribution in [2.75, 3.05) is 21.3 Å². The second-order valence-corrected chi connectivity index (χ2v) is 6.81. The van der Waals surface area contributed by atoms with E-state index in [-0.39, 0.29) is 11.1 Å². The van der Waals surface area contributed by atoms with Crippen molar-refractivity contribution in [1.82, 2.24) is 9.55 Å². The number of aromatic carboxylic acids is 1. The second-order valence-electron chi connectivity index (χ2n) is 6.81. The predicted octanol–water partition coefficient (Wildman–Crippen LogP) is 3.06. The first-order chi connectivity index (χ1) is 14.5. The molecule has 2 aromatic carbocycles. The Kier molecular flexibility index (Phi) is 4.91. The lowest BCUT2D eigenvalue weighted by molar-refractivity contribution is 0.0697. The Morgan fingerprint density at radius 2 is 1.80 bits per heavy atom. The van der Waals surface area contributed by atoms with Crippen LogP contribution in [0.15, 0.2) is 35.1 Å². The molecule has 4 rings (SSSR count). The third-order valence-electron chi connectivity index (χ3n) is 5.12. The van der Waals surface area contributed by atoms with Gasteiger partial charge in [0.25, 0.3) is 5.56 Å². The molecule has 8 nitrogen and oxygen atoms in total. The highest BCUT2D eigenvalue weighted by molar-refractivity contribution is 5.93. The summed E-state index contributed by atoms with van der Waals surface area (Å²) in [6.07, 6.45) is 2.55. The van der Waals surface area contributed by atoms with Crippen molar-refractivity contribution in [3.8, 4) is 17.2 Å². The van der Waals surface area contributed by atoms with Gasteiger partial charge in [0.05, 0.1) is 37.8 Å². The van der Waals surface area contributed by atoms with Crippen LogP contribution in [0.5, 0.6) is 17.2 Å². The number of ether oxygens (including phenoxy) is 3. The zero-order valence-electron chi connectivity index (χ0n) is 16.8. The number of aromatic nitrogens is 2. The lowest BCUT2D eigenvalue weighted by Crippen LogP contribution is -2.21. The van der Waals surface area contributed by atoms with Crippen LogP contribution in [0, 0.1) is 0 Å². The van der Waals surface area contributed by atoms with Gasteiger partial charge in [-0.15, -0.1) is 0 Å². The second kappa shape index (κ2) is 7.55. The first-order valence-corrected chi connectivity index (χ1v) is 9.25. The van der Waals surface area contributed by atoms with E-state index in [1.54, 1.807) is 25.9 Å². The molecule has 0 fully saturated rings. The van der Waals surface area contributed by atoms with Gasteiger partial charge in [-0.05, 0) is 54.0 Å². The Morgan fingerprint density at radius 3 is 2.40 bits per heavy atom. The maximum atomic E-state index is 12.9. The quantitative estimate of drug-likeness (QED) is 0.692. The topological polar surface area (TPSA) is 99.9 Å². The molecule has 30 heavy (non-hydrogen) atoms. The van der Waals surface area contributed by atoms with Gasteiger partial charge in [-0.25, -0.2) is 9.78 Å². The maximum Gasteiger partial charge on any atom is 0.335 e. The summed E-state index contributed by atoms with van der Waals surface area (Å²) in [6, 6.07) is 8.00. The average Bonchev–Trinajstić information content (AvgIpc) is 3.15. The highest BCUT2D eigenvalue weighted by atomic mass is 16.5. The third-order valence-corrected chi connectivity index (χ3v) is 5.12. The molecule has 1 aliphatic heterocycles. The lowest BCUT2D eigenvalue weighted by Gasteiger charge is -2.13. The molecule has 0 radical (unpaired) electrons. The van der Waals surface area contributed by atoms with Crippen molar-refractivity contribution in [2.45, 2.75) is 13.0 Å². The molecule has 3 aromatic rings. The van der Waals surface area contributed by atoms with Crippen LogP contribution in [0.2, 0.25) is 0 Å². The molecule has 1 aliphatic rings. The summed E-state index contributed by atoms with van der Waals surface area (Å²) in [7, 11) is 4.64. The van der Waals surface area contributed by atoms with E-state index in [9.17, 15) is 14.7 Å². The third kappa shape index (κ3) is 3.16. The Labute approximate surface area is 172 Å². The minimum atomic E-state index is -1.06. The van der Waals surface area contributed by atoms with Crippen LogP contribution in [0.3, 0.4) is 0 Å². The zero-order valence-corrected chi connectivity index (χ0v) is 16.8. The molecule has 2 heterocycles. The number of benzene rings is 2. The maximum absolute atomic E-state index is 12.9. The minimum Gasteiger partial charge on any atom is -0.493 e. The standard InChI is InChI=1S/C22H20N2O6/c1-28-17-9-12(10-18(29-2)19(17)30-3)8-13-6-7-24-20(13)23-16-11-14(22(26)27)4-5-15(16)21(24)25/h4-5,8-11H,6-7H2,1-3H3,(H,26,27)/b13-8+. The van der Waals surface area contributed by atoms with E-state index < -0.39 is 5.97 Å². The number of nitrogens with zero attached hydrogens (tertiary/aromatic N) is 2. The number of allylic oxidation sites excluding steroid dienone is 1. The summed E-state index contributed by atoms with van der Waals surface area (Å²) in [5.74, 6) is 1.01. The fraction of sp³-hybridized carbons (Fsp3) is 0.227. The van der Waals surface area contributed by atoms with Gasteiger partial charge in [-0.2, -0.15) is 0 Å². The Bertz CT molecular complexity index is 1230. The summed E-state index contributed by atoms with van der Waals surface area (Å²) in [5, 5.41) is 9.64. The van der Waals surface area contributed by atoms with E-state index in [4.69, 9.17) is 14.2 Å². The smallest absolute Gasteiger partial charge is 0.335 e. The van der Waals surface area contributed by atoms with Crippen LogP contribution in [0.25, 0.3) is 22.6 Å². The van der Waals surface area contributed by atoms with Crippen LogP contribution in [0.4, 0.5) is 0 Å². The molecule has 1 aromatic heterocycles. The summed E-state index contributed by atoms with van der Waals surface area (Å²) in [5.41, 5.74) is 1.95. The van der Waals surface area contributed by atoms with Crippen LogP contribution in [0.1, 0.15) is 28.2 Å². The van der Waals surface area contributed by atoms with Gasteiger partial charge in [0.1, 0.15) is 5.82 Å². The van der Waals surface area contributed by atoms with Gasteiger partial charge in [0.2, 0.25) is 5.75 Å². The molecule has 0 spiro atoms. The highest BCUT2D eigenvalue weighted by Gasteiger charge is 2.22. The molecule has 8 heteroatoms. The number of fused-ring (bicyclic) bond motifs is 2. The van der Waals surface area contributed by atoms with Crippen molar-refractivity contribution in [2.24, 2.45) is 0 Å². The van der Waals surface area contributed by atoms with E-state index in [1.807, 2.05) is 18.2 Å². The average molecular weight is 408 g/mol. The molecule has 0 unspecified atom stereocenters. The normalized spacial score (nSPS) is 14.0. The van der Waals surface area contributed by atoms with Gasteiger partial charge >= 0.3 is 5.97 Å². The van der Waals surface area contributed by atoms with Gasteiger partial charge in [0.15, 0.2) is 11.5 Å². The molecule has 0 saturated heterocycles. The fourth-order valence-electron chi connectivity index (χ4n) is 3.67. The summed E-state index contributed by atoms with van der Waals surface area (Å²) in [4.78, 5) is 28.8. The van der Waals surface area contributed by atoms with Crippen molar-refractivity contribution in [1.29, 1.82) is 0 Å². The van der Waals surface area contributed by atoms with E-state index >= 15 is 0 Å². The van der Waals surface area contributed by atoms with E-state index in [1.165, 1.54) is 18.2 Å². The number of hydrogen-bond acceptors (Lipinski definition) is 6. The molecule has 0 aliphatic carbocycles. The summed E-state index contributed by atoms with van der Waals surface area (Å²) in [6.45, 7) is 0.508. The van der Waals surface area contributed by atoms with Crippen molar-refractivity contribution >= 4 is 28.5 Å². The van der Waals surface area contributed by atoms with Crippen LogP contribution >= 0.6 is 0 Å². The number of hydrogen-bond donors (Lipinski definition) is 1. The van der Waals surface area contributed by atoms with Gasteiger partial charge in [-0.3, -0.25) is 9.36 Å². The molecule has 1 N–H and O–H groups in total. The molecule has 0 atom stereocenters. The predicted molar refractivity (Wildman–Crippen MR) is 112 cm³/mol. The minimum absolute atomic E-state index is 0.0903. The largest absolute Gasteiger partial charge is 0.493 e. The van der Waals surface area contributed by atoms with E-state index in [2.05, 4.69) is 4.98 Å². The van der Waals surface area contributed by atoms with E-state index in [0.29, 0.717) is 46.9 Å². The monoisotopic (exact) mass is 408 g/mol. The molecular weight excluding hydrogens is 388 g/mol. The number of carboxylic acid groups (broad SMARTS) is 1. The number of carbonyl (C=O) groups is 1. The van der Waals surface area contributed by atoms with Crippen molar-refractivity contribution in [3.05, 3.63) is 57.6 Å². The zero-order chi connectivity index (χ0) is 21.4. The molecule has 0 saturated carbocycles. The SMILES string of the molecule is COc1cc(/C=C2\CCn3c2nc2cc(C(=O)O)ccc2c3=O)cc(OC)c1OC. The first-order valence-electron chi connectivity index (χ1n) is 9.25. The Balaban J connectivity index is 1.86. The molecular formula is C22H20N2O6. The Hall–Kier alpha value is -3.81. The number of methoxy groups -OCH3 is 3. The van der Waals surface area contributed by atoms with Crippen molar-refractivity contribution in [3.63, 3.8) is 0 Å². The van der Waals surface area contributed by atoms with Gasteiger partial charge in [-0.1, -0.05) is 0 Å². The lowest BCUT2D eigenvalue weighted by atomic mass is 10.1. The van der Waals surface area contributed by atoms with Crippen LogP contribution in [-0.2, 0) is 6.54 Å². The number of carboxylic acids is 1. The van der Waals surface area contributed by atoms with Gasteiger partial charge in [0, 0.05) is 6.54 Å².